The molecule has 0 aliphatic heterocycles. The molecular weight excluding hydrogens is 436 g/mol. The first-order valence-corrected chi connectivity index (χ1v) is 10.6. The molecule has 0 saturated heterocycles. The van der Waals surface area contributed by atoms with Crippen LogP contribution in [-0.4, -0.2) is 21.1 Å². The zero-order valence-electron chi connectivity index (χ0n) is 18.3. The SMILES string of the molecule is O=C(Cn1c(=O)c2ccccc2n(CC(=O)OCc2ccccc2)c1=O)OCc1ccccc1. The molecule has 0 aliphatic carbocycles. The van der Waals surface area contributed by atoms with E-state index in [-0.39, 0.29) is 24.1 Å². The van der Waals surface area contributed by atoms with Crippen molar-refractivity contribution in [3.63, 3.8) is 0 Å². The molecule has 0 saturated carbocycles. The van der Waals surface area contributed by atoms with Crippen LogP contribution < -0.4 is 11.2 Å². The second kappa shape index (κ2) is 10.4. The molecule has 0 unspecified atom stereocenters. The van der Waals surface area contributed by atoms with Gasteiger partial charge in [0.15, 0.2) is 0 Å². The largest absolute Gasteiger partial charge is 0.459 e. The molecule has 172 valence electrons. The van der Waals surface area contributed by atoms with Crippen molar-refractivity contribution in [3.8, 4) is 0 Å². The van der Waals surface area contributed by atoms with Crippen LogP contribution in [0.15, 0.2) is 94.5 Å². The Hall–Kier alpha value is -4.46. The molecule has 4 aromatic rings. The van der Waals surface area contributed by atoms with Gasteiger partial charge in [0, 0.05) is 0 Å². The molecule has 3 aromatic carbocycles. The maximum Gasteiger partial charge on any atom is 0.332 e. The van der Waals surface area contributed by atoms with Crippen molar-refractivity contribution in [2.24, 2.45) is 0 Å². The number of hydrogen-bond donors (Lipinski definition) is 0. The van der Waals surface area contributed by atoms with E-state index in [4.69, 9.17) is 9.47 Å². The summed E-state index contributed by atoms with van der Waals surface area (Å²) in [6.07, 6.45) is 0. The molecule has 0 amide bonds. The number of carbonyl (C=O) groups excluding carboxylic acids is 2. The average Bonchev–Trinajstić information content (AvgIpc) is 2.88. The number of para-hydroxylation sites is 1. The lowest BCUT2D eigenvalue weighted by Gasteiger charge is -2.14. The minimum absolute atomic E-state index is 0.0159. The maximum atomic E-state index is 13.1. The van der Waals surface area contributed by atoms with Crippen molar-refractivity contribution in [3.05, 3.63) is 117 Å². The lowest BCUT2D eigenvalue weighted by Crippen LogP contribution is -2.43. The number of aromatic nitrogens is 2. The number of hydrogen-bond acceptors (Lipinski definition) is 6. The van der Waals surface area contributed by atoms with Crippen LogP contribution in [0.3, 0.4) is 0 Å². The molecule has 1 heterocycles. The Balaban J connectivity index is 1.56. The van der Waals surface area contributed by atoms with E-state index in [1.807, 2.05) is 48.5 Å². The minimum atomic E-state index is -0.794. The lowest BCUT2D eigenvalue weighted by molar-refractivity contribution is -0.146. The zero-order chi connectivity index (χ0) is 23.9. The van der Waals surface area contributed by atoms with Crippen LogP contribution in [0, 0.1) is 0 Å². The van der Waals surface area contributed by atoms with E-state index in [0.717, 1.165) is 20.3 Å². The first-order chi connectivity index (χ1) is 16.5. The third-order valence-corrected chi connectivity index (χ3v) is 5.19. The highest BCUT2D eigenvalue weighted by Crippen LogP contribution is 2.09. The molecule has 0 N–H and O–H groups in total. The highest BCUT2D eigenvalue weighted by Gasteiger charge is 2.18. The van der Waals surface area contributed by atoms with Crippen LogP contribution in [0.25, 0.3) is 10.9 Å². The fourth-order valence-electron chi connectivity index (χ4n) is 3.49. The Bertz CT molecular complexity index is 1420. The van der Waals surface area contributed by atoms with Crippen LogP contribution in [0.1, 0.15) is 11.1 Å². The monoisotopic (exact) mass is 458 g/mol. The van der Waals surface area contributed by atoms with Crippen molar-refractivity contribution in [1.82, 2.24) is 9.13 Å². The van der Waals surface area contributed by atoms with Crippen LogP contribution in [0.4, 0.5) is 0 Å². The number of rotatable bonds is 8. The Morgan fingerprint density at radius 3 is 1.65 bits per heavy atom. The Morgan fingerprint density at radius 2 is 1.09 bits per heavy atom. The lowest BCUT2D eigenvalue weighted by atomic mass is 10.2. The Morgan fingerprint density at radius 1 is 0.618 bits per heavy atom. The molecule has 0 radical (unpaired) electrons. The fraction of sp³-hybridized carbons (Fsp3) is 0.154. The molecule has 0 aliphatic rings. The third-order valence-electron chi connectivity index (χ3n) is 5.19. The van der Waals surface area contributed by atoms with Crippen LogP contribution >= 0.6 is 0 Å². The van der Waals surface area contributed by atoms with Gasteiger partial charge in [-0.15, -0.1) is 0 Å². The summed E-state index contributed by atoms with van der Waals surface area (Å²) in [5.41, 5.74) is 0.436. The van der Waals surface area contributed by atoms with Crippen LogP contribution in [0.5, 0.6) is 0 Å². The van der Waals surface area contributed by atoms with Gasteiger partial charge in [-0.1, -0.05) is 72.8 Å². The number of esters is 2. The van der Waals surface area contributed by atoms with E-state index in [2.05, 4.69) is 0 Å². The van der Waals surface area contributed by atoms with Gasteiger partial charge in [0.05, 0.1) is 10.9 Å². The summed E-state index contributed by atoms with van der Waals surface area (Å²) in [6, 6.07) is 24.6. The van der Waals surface area contributed by atoms with Gasteiger partial charge in [-0.25, -0.2) is 9.36 Å². The van der Waals surface area contributed by atoms with Gasteiger partial charge in [0.25, 0.3) is 5.56 Å². The minimum Gasteiger partial charge on any atom is -0.459 e. The predicted molar refractivity (Wildman–Crippen MR) is 125 cm³/mol. The smallest absolute Gasteiger partial charge is 0.332 e. The molecule has 4 rings (SSSR count). The van der Waals surface area contributed by atoms with Gasteiger partial charge >= 0.3 is 17.6 Å². The summed E-state index contributed by atoms with van der Waals surface area (Å²) in [4.78, 5) is 51.0. The molecule has 0 fully saturated rings. The number of nitrogens with zero attached hydrogens (tertiary/aromatic N) is 2. The third kappa shape index (κ3) is 5.29. The maximum absolute atomic E-state index is 13.1. The van der Waals surface area contributed by atoms with E-state index in [1.54, 1.807) is 30.3 Å². The predicted octanol–water partition coefficient (Wildman–Crippen LogP) is 2.65. The second-order valence-electron chi connectivity index (χ2n) is 7.57. The van der Waals surface area contributed by atoms with Crippen LogP contribution in [0.2, 0.25) is 0 Å². The molecule has 1 aromatic heterocycles. The van der Waals surface area contributed by atoms with Crippen molar-refractivity contribution < 1.29 is 19.1 Å². The molecular formula is C26H22N2O6. The number of ether oxygens (including phenoxy) is 2. The first-order valence-electron chi connectivity index (χ1n) is 10.6. The van der Waals surface area contributed by atoms with Gasteiger partial charge in [0.2, 0.25) is 0 Å². The van der Waals surface area contributed by atoms with Gasteiger partial charge in [0.1, 0.15) is 26.3 Å². The second-order valence-corrected chi connectivity index (χ2v) is 7.57. The summed E-state index contributed by atoms with van der Waals surface area (Å²) in [6.45, 7) is -0.917. The first kappa shape index (κ1) is 22.7. The number of carbonyl (C=O) groups is 2. The van der Waals surface area contributed by atoms with Crippen LogP contribution in [-0.2, 0) is 45.4 Å². The zero-order valence-corrected chi connectivity index (χ0v) is 18.3. The summed E-state index contributed by atoms with van der Waals surface area (Å²) >= 11 is 0. The van der Waals surface area contributed by atoms with Crippen molar-refractivity contribution in [1.29, 1.82) is 0 Å². The van der Waals surface area contributed by atoms with Crippen molar-refractivity contribution >= 4 is 22.8 Å². The molecule has 8 nitrogen and oxygen atoms in total. The highest BCUT2D eigenvalue weighted by molar-refractivity contribution is 5.80. The Labute approximate surface area is 194 Å². The van der Waals surface area contributed by atoms with Gasteiger partial charge in [-0.2, -0.15) is 0 Å². The normalized spacial score (nSPS) is 10.7. The van der Waals surface area contributed by atoms with E-state index in [0.29, 0.717) is 0 Å². The quantitative estimate of drug-likeness (QED) is 0.377. The molecule has 0 spiro atoms. The standard InChI is InChI=1S/C26H22N2O6/c29-23(33-17-19-9-3-1-4-10-19)15-27-22-14-8-7-13-21(22)25(31)28(26(27)32)16-24(30)34-18-20-11-5-2-6-12-20/h1-14H,15-18H2. The van der Waals surface area contributed by atoms with Crippen molar-refractivity contribution in [2.75, 3.05) is 0 Å². The highest BCUT2D eigenvalue weighted by atomic mass is 16.5. The molecule has 0 atom stereocenters. The van der Waals surface area contributed by atoms with Gasteiger partial charge < -0.3 is 9.47 Å². The molecule has 0 bridgehead atoms. The van der Waals surface area contributed by atoms with E-state index in [1.165, 1.54) is 6.07 Å². The summed E-state index contributed by atoms with van der Waals surface area (Å²) < 4.78 is 12.4. The summed E-state index contributed by atoms with van der Waals surface area (Å²) in [5.74, 6) is -1.38. The summed E-state index contributed by atoms with van der Waals surface area (Å²) in [7, 11) is 0. The van der Waals surface area contributed by atoms with E-state index >= 15 is 0 Å². The Kier molecular flexibility index (Phi) is 6.98. The van der Waals surface area contributed by atoms with Gasteiger partial charge in [-0.05, 0) is 23.3 Å². The number of fused-ring (bicyclic) bond motifs is 1. The fourth-order valence-corrected chi connectivity index (χ4v) is 3.49. The topological polar surface area (TPSA) is 96.6 Å². The molecule has 34 heavy (non-hydrogen) atoms. The van der Waals surface area contributed by atoms with E-state index in [9.17, 15) is 19.2 Å². The summed E-state index contributed by atoms with van der Waals surface area (Å²) in [5, 5.41) is 0.203. The molecule has 8 heteroatoms. The average molecular weight is 458 g/mol. The number of benzene rings is 3. The van der Waals surface area contributed by atoms with Gasteiger partial charge in [-0.3, -0.25) is 19.0 Å². The van der Waals surface area contributed by atoms with Crippen molar-refractivity contribution in [2.45, 2.75) is 26.3 Å². The van der Waals surface area contributed by atoms with E-state index < -0.39 is 36.3 Å².